The van der Waals surface area contributed by atoms with Crippen molar-refractivity contribution in [1.82, 2.24) is 35.8 Å². The molecule has 2 aromatic carbocycles. The number of aromatic amines is 2. The first-order valence-corrected chi connectivity index (χ1v) is 10.7. The summed E-state index contributed by atoms with van der Waals surface area (Å²) in [6, 6.07) is 9.79. The molecule has 1 aliphatic rings. The molecule has 1 aliphatic heterocycles. The van der Waals surface area contributed by atoms with E-state index in [-0.39, 0.29) is 24.2 Å². The van der Waals surface area contributed by atoms with Gasteiger partial charge in [0.1, 0.15) is 17.0 Å². The molecule has 3 N–H and O–H groups in total. The zero-order valence-electron chi connectivity index (χ0n) is 16.7. The summed E-state index contributed by atoms with van der Waals surface area (Å²) in [7, 11) is 0. The number of amides is 2. The standard InChI is InChI=1S/C21H17BrFN7O2/c22-14-7-11(1-3-15(14)23)9-24-20(31)19-13-5-6-30(10-18(13)25-28-19)21(32)12-2-4-16-17(8-12)27-29-26-16/h1-4,7-8H,5-6,9-10H2,(H,24,31)(H,25,28)(H,26,27,29). The van der Waals surface area contributed by atoms with Crippen LogP contribution >= 0.6 is 15.9 Å². The Hall–Kier alpha value is -3.60. The highest BCUT2D eigenvalue weighted by atomic mass is 79.9. The van der Waals surface area contributed by atoms with E-state index in [1.807, 2.05) is 0 Å². The summed E-state index contributed by atoms with van der Waals surface area (Å²) in [5.41, 5.74) is 4.53. The summed E-state index contributed by atoms with van der Waals surface area (Å²) < 4.78 is 13.7. The third-order valence-corrected chi connectivity index (χ3v) is 6.06. The summed E-state index contributed by atoms with van der Waals surface area (Å²) >= 11 is 3.14. The van der Waals surface area contributed by atoms with Crippen molar-refractivity contribution >= 4 is 38.8 Å². The van der Waals surface area contributed by atoms with E-state index in [1.165, 1.54) is 6.07 Å². The van der Waals surface area contributed by atoms with E-state index < -0.39 is 0 Å². The number of aromatic nitrogens is 5. The molecule has 0 radical (unpaired) electrons. The number of rotatable bonds is 4. The molecule has 32 heavy (non-hydrogen) atoms. The van der Waals surface area contributed by atoms with Gasteiger partial charge in [-0.05, 0) is 58.2 Å². The van der Waals surface area contributed by atoms with Gasteiger partial charge in [-0.2, -0.15) is 5.10 Å². The Labute approximate surface area is 189 Å². The van der Waals surface area contributed by atoms with Gasteiger partial charge < -0.3 is 10.2 Å². The lowest BCUT2D eigenvalue weighted by molar-refractivity contribution is 0.0732. The number of nitrogens with one attached hydrogen (secondary N) is 3. The zero-order valence-corrected chi connectivity index (χ0v) is 18.2. The molecule has 0 unspecified atom stereocenters. The topological polar surface area (TPSA) is 120 Å². The monoisotopic (exact) mass is 497 g/mol. The van der Waals surface area contributed by atoms with Crippen LogP contribution in [0.5, 0.6) is 0 Å². The maximum Gasteiger partial charge on any atom is 0.269 e. The van der Waals surface area contributed by atoms with Crippen molar-refractivity contribution in [1.29, 1.82) is 0 Å². The average molecular weight is 498 g/mol. The van der Waals surface area contributed by atoms with E-state index in [4.69, 9.17) is 0 Å². The third-order valence-electron chi connectivity index (χ3n) is 5.45. The number of carbonyl (C=O) groups is 2. The lowest BCUT2D eigenvalue weighted by Crippen LogP contribution is -2.36. The number of hydrogen-bond donors (Lipinski definition) is 3. The molecule has 3 heterocycles. The van der Waals surface area contributed by atoms with E-state index in [0.717, 1.165) is 16.6 Å². The molecular formula is C21H17BrFN7O2. The van der Waals surface area contributed by atoms with Crippen LogP contribution in [0.4, 0.5) is 4.39 Å². The predicted molar refractivity (Wildman–Crippen MR) is 116 cm³/mol. The molecule has 0 atom stereocenters. The van der Waals surface area contributed by atoms with Crippen LogP contribution in [0.3, 0.4) is 0 Å². The predicted octanol–water partition coefficient (Wildman–Crippen LogP) is 2.71. The van der Waals surface area contributed by atoms with Crippen LogP contribution in [-0.4, -0.2) is 48.9 Å². The van der Waals surface area contributed by atoms with Gasteiger partial charge in [0, 0.05) is 24.2 Å². The lowest BCUT2D eigenvalue weighted by Gasteiger charge is -2.26. The fraction of sp³-hybridized carbons (Fsp3) is 0.190. The van der Waals surface area contributed by atoms with Crippen LogP contribution in [-0.2, 0) is 19.5 Å². The van der Waals surface area contributed by atoms with Crippen molar-refractivity contribution in [3.8, 4) is 0 Å². The van der Waals surface area contributed by atoms with Gasteiger partial charge in [-0.25, -0.2) is 4.39 Å². The zero-order chi connectivity index (χ0) is 22.2. The van der Waals surface area contributed by atoms with Crippen LogP contribution in [0, 0.1) is 5.82 Å². The number of hydrogen-bond acceptors (Lipinski definition) is 5. The van der Waals surface area contributed by atoms with Gasteiger partial charge in [-0.15, -0.1) is 5.10 Å². The fourth-order valence-corrected chi connectivity index (χ4v) is 4.17. The summed E-state index contributed by atoms with van der Waals surface area (Å²) in [5.74, 6) is -0.783. The van der Waals surface area contributed by atoms with Crippen LogP contribution in [0.2, 0.25) is 0 Å². The largest absolute Gasteiger partial charge is 0.347 e. The maximum atomic E-state index is 13.4. The summed E-state index contributed by atoms with van der Waals surface area (Å²) in [6.07, 6.45) is 0.509. The van der Waals surface area contributed by atoms with Crippen LogP contribution in [0.1, 0.15) is 37.7 Å². The number of H-pyrrole nitrogens is 2. The van der Waals surface area contributed by atoms with Crippen molar-refractivity contribution in [2.24, 2.45) is 0 Å². The van der Waals surface area contributed by atoms with E-state index in [1.54, 1.807) is 35.2 Å². The van der Waals surface area contributed by atoms with Gasteiger partial charge in [0.15, 0.2) is 0 Å². The smallest absolute Gasteiger partial charge is 0.269 e. The van der Waals surface area contributed by atoms with Gasteiger partial charge in [0.25, 0.3) is 11.8 Å². The number of halogens is 2. The molecule has 11 heteroatoms. The highest BCUT2D eigenvalue weighted by molar-refractivity contribution is 9.10. The first-order valence-electron chi connectivity index (χ1n) is 9.88. The van der Waals surface area contributed by atoms with Crippen molar-refractivity contribution in [3.63, 3.8) is 0 Å². The quantitative estimate of drug-likeness (QED) is 0.400. The molecule has 2 aromatic heterocycles. The third kappa shape index (κ3) is 3.75. The lowest BCUT2D eigenvalue weighted by atomic mass is 10.0. The molecule has 2 amide bonds. The summed E-state index contributed by atoms with van der Waals surface area (Å²) in [5, 5.41) is 20.3. The number of fused-ring (bicyclic) bond motifs is 2. The second-order valence-corrected chi connectivity index (χ2v) is 8.33. The molecular weight excluding hydrogens is 481 g/mol. The summed E-state index contributed by atoms with van der Waals surface area (Å²) in [6.45, 7) is 1.02. The van der Waals surface area contributed by atoms with Gasteiger partial charge in [-0.3, -0.25) is 19.8 Å². The van der Waals surface area contributed by atoms with Gasteiger partial charge in [-0.1, -0.05) is 11.3 Å². The van der Waals surface area contributed by atoms with Crippen molar-refractivity contribution < 1.29 is 14.0 Å². The SMILES string of the molecule is O=C(NCc1ccc(F)c(Br)c1)c1[nH]nc2c1CCN(C(=O)c1ccc3[nH]nnc3c1)C2. The Balaban J connectivity index is 1.27. The van der Waals surface area contributed by atoms with Gasteiger partial charge in [0.2, 0.25) is 0 Å². The Kier molecular flexibility index (Phi) is 5.17. The minimum Gasteiger partial charge on any atom is -0.347 e. The Morgan fingerprint density at radius 3 is 2.91 bits per heavy atom. The van der Waals surface area contributed by atoms with Crippen molar-refractivity contribution in [2.45, 2.75) is 19.5 Å². The molecule has 0 saturated heterocycles. The van der Waals surface area contributed by atoms with Gasteiger partial charge in [0.05, 0.1) is 22.2 Å². The second-order valence-electron chi connectivity index (χ2n) is 7.48. The van der Waals surface area contributed by atoms with Crippen molar-refractivity contribution in [2.75, 3.05) is 6.54 Å². The average Bonchev–Trinajstić information content (AvgIpc) is 3.45. The fourth-order valence-electron chi connectivity index (χ4n) is 3.75. The Morgan fingerprint density at radius 2 is 2.06 bits per heavy atom. The Morgan fingerprint density at radius 1 is 1.19 bits per heavy atom. The molecule has 0 bridgehead atoms. The Bertz CT molecular complexity index is 1350. The normalized spacial score (nSPS) is 13.2. The van der Waals surface area contributed by atoms with Crippen LogP contribution < -0.4 is 5.32 Å². The molecule has 0 spiro atoms. The number of nitrogens with zero attached hydrogens (tertiary/aromatic N) is 4. The van der Waals surface area contributed by atoms with Crippen molar-refractivity contribution in [3.05, 3.63) is 74.8 Å². The minimum absolute atomic E-state index is 0.128. The van der Waals surface area contributed by atoms with Crippen LogP contribution in [0.15, 0.2) is 40.9 Å². The molecule has 4 aromatic rings. The van der Waals surface area contributed by atoms with Crippen LogP contribution in [0.25, 0.3) is 11.0 Å². The van der Waals surface area contributed by atoms with Gasteiger partial charge >= 0.3 is 0 Å². The van der Waals surface area contributed by atoms with E-state index in [9.17, 15) is 14.0 Å². The van der Waals surface area contributed by atoms with E-state index in [2.05, 4.69) is 46.9 Å². The molecule has 0 aliphatic carbocycles. The highest BCUT2D eigenvalue weighted by Gasteiger charge is 2.28. The maximum absolute atomic E-state index is 13.4. The molecule has 9 nitrogen and oxygen atoms in total. The number of carbonyl (C=O) groups excluding carboxylic acids is 2. The first-order chi connectivity index (χ1) is 15.5. The number of benzene rings is 2. The molecule has 5 rings (SSSR count). The first kappa shape index (κ1) is 20.3. The van der Waals surface area contributed by atoms with E-state index in [0.29, 0.717) is 46.5 Å². The van der Waals surface area contributed by atoms with E-state index >= 15 is 0 Å². The molecule has 0 saturated carbocycles. The highest BCUT2D eigenvalue weighted by Crippen LogP contribution is 2.23. The second kappa shape index (κ2) is 8.15. The molecule has 0 fully saturated rings. The summed E-state index contributed by atoms with van der Waals surface area (Å²) in [4.78, 5) is 27.3. The molecule has 162 valence electrons. The minimum atomic E-state index is -0.359.